The second-order valence-electron chi connectivity index (χ2n) is 10.4. The number of hydrogen-bond donors (Lipinski definition) is 8. The largest absolute Gasteiger partial charge is 0.497 e. The fraction of sp³-hybridized carbons (Fsp3) is 0.345. The van der Waals surface area contributed by atoms with Crippen molar-refractivity contribution >= 4 is 52.5 Å². The summed E-state index contributed by atoms with van der Waals surface area (Å²) in [6.45, 7) is 10.5. The van der Waals surface area contributed by atoms with Crippen molar-refractivity contribution in [3.8, 4) is 5.75 Å². The average molecular weight is 616 g/mol. The van der Waals surface area contributed by atoms with Crippen LogP contribution in [-0.4, -0.2) is 39.1 Å². The molecule has 12 heteroatoms. The second-order valence-corrected chi connectivity index (χ2v) is 11.6. The summed E-state index contributed by atoms with van der Waals surface area (Å²) in [4.78, 5) is 8.42. The zero-order chi connectivity index (χ0) is 31.5. The van der Waals surface area contributed by atoms with Crippen LogP contribution >= 0.6 is 24.6 Å². The molecular formula is C29H53N5O5S2. The molecule has 236 valence electrons. The van der Waals surface area contributed by atoms with Crippen molar-refractivity contribution < 1.29 is 30.9 Å². The standard InChI is InChI=1S/C15H17N3OS2.C6H8N2O.C4H10O2.C4H10O.4H2/c1-19-14-8-2-11(3-9-14)10-21-15(18-20)17-13-6-4-12(16)5-7-13;7-5-1-3-6(8-9)4-2-5;1-4(2,3)6-5;1-4(2,3)5;;;;/h2-9,20H,10,16H2,1H3,(H,17,18);1-4,8-9H,7H2;5H,1-3H3;5H,1-3H3;4*1H. The molecule has 0 saturated heterocycles. The van der Waals surface area contributed by atoms with Crippen LogP contribution in [0.3, 0.4) is 0 Å². The highest BCUT2D eigenvalue weighted by Gasteiger charge is 2.07. The number of nitrogens with zero attached hydrogens (tertiary/aromatic N) is 1. The number of nitrogens with one attached hydrogen (secondary N) is 2. The Morgan fingerprint density at radius 3 is 1.71 bits per heavy atom. The summed E-state index contributed by atoms with van der Waals surface area (Å²) in [5.41, 5.74) is 16.2. The molecule has 10 nitrogen and oxygen atoms in total. The van der Waals surface area contributed by atoms with Gasteiger partial charge in [0.05, 0.1) is 29.7 Å². The zero-order valence-corrected chi connectivity index (χ0v) is 26.5. The third kappa shape index (κ3) is 22.3. The van der Waals surface area contributed by atoms with Gasteiger partial charge >= 0.3 is 0 Å². The third-order valence-corrected chi connectivity index (χ3v) is 5.38. The predicted molar refractivity (Wildman–Crippen MR) is 185 cm³/mol. The topological polar surface area (TPSA) is 168 Å². The lowest BCUT2D eigenvalue weighted by Crippen LogP contribution is -2.15. The molecule has 9 N–H and O–H groups in total. The third-order valence-electron chi connectivity index (χ3n) is 4.07. The summed E-state index contributed by atoms with van der Waals surface area (Å²) in [5, 5.41) is 25.5. The van der Waals surface area contributed by atoms with Gasteiger partial charge in [-0.05, 0) is 108 Å². The first-order valence-electron chi connectivity index (χ1n) is 12.5. The highest BCUT2D eigenvalue weighted by atomic mass is 32.2. The van der Waals surface area contributed by atoms with Crippen molar-refractivity contribution in [1.29, 1.82) is 0 Å². The molecule has 0 atom stereocenters. The van der Waals surface area contributed by atoms with E-state index in [-0.39, 0.29) is 5.71 Å². The Morgan fingerprint density at radius 2 is 1.34 bits per heavy atom. The first-order chi connectivity index (χ1) is 19.1. The van der Waals surface area contributed by atoms with Crippen LogP contribution in [-0.2, 0) is 10.6 Å². The highest BCUT2D eigenvalue weighted by molar-refractivity contribution is 8.13. The van der Waals surface area contributed by atoms with Gasteiger partial charge < -0.3 is 26.0 Å². The van der Waals surface area contributed by atoms with Crippen molar-refractivity contribution in [2.75, 3.05) is 24.1 Å². The van der Waals surface area contributed by atoms with Gasteiger partial charge in [0.25, 0.3) is 0 Å². The van der Waals surface area contributed by atoms with E-state index in [0.717, 1.165) is 28.0 Å². The van der Waals surface area contributed by atoms with Crippen LogP contribution in [0.4, 0.5) is 22.7 Å². The molecule has 0 unspecified atom stereocenters. The molecule has 0 aliphatic carbocycles. The van der Waals surface area contributed by atoms with Crippen molar-refractivity contribution in [3.05, 3.63) is 78.4 Å². The van der Waals surface area contributed by atoms with Gasteiger partial charge in [-0.2, -0.15) is 0 Å². The second kappa shape index (κ2) is 19.9. The van der Waals surface area contributed by atoms with Crippen LogP contribution < -0.4 is 26.4 Å². The summed E-state index contributed by atoms with van der Waals surface area (Å²) in [7, 11) is 1.66. The van der Waals surface area contributed by atoms with Crippen molar-refractivity contribution in [2.45, 2.75) is 58.5 Å². The number of aliphatic hydroxyl groups is 1. The van der Waals surface area contributed by atoms with Crippen molar-refractivity contribution in [2.24, 2.45) is 4.99 Å². The molecule has 0 saturated carbocycles. The summed E-state index contributed by atoms with van der Waals surface area (Å²) in [5.74, 6) is 1.65. The van der Waals surface area contributed by atoms with Gasteiger partial charge in [0.15, 0.2) is 5.17 Å². The maximum atomic E-state index is 8.52. The Morgan fingerprint density at radius 1 is 0.902 bits per heavy atom. The molecule has 3 aromatic carbocycles. The molecule has 0 fully saturated rings. The smallest absolute Gasteiger partial charge is 0.171 e. The summed E-state index contributed by atoms with van der Waals surface area (Å²) in [6.07, 6.45) is 0. The Kier molecular flexibility index (Phi) is 18.3. The van der Waals surface area contributed by atoms with E-state index >= 15 is 0 Å². The Balaban J connectivity index is -0.000000186. The number of benzene rings is 3. The van der Waals surface area contributed by atoms with E-state index in [9.17, 15) is 0 Å². The number of anilines is 3. The Bertz CT molecular complexity index is 1130. The number of aliphatic imine (C=N–C) groups is 1. The van der Waals surface area contributed by atoms with Gasteiger partial charge in [-0.3, -0.25) is 15.9 Å². The van der Waals surface area contributed by atoms with Crippen LogP contribution in [0.5, 0.6) is 5.75 Å². The Hall–Kier alpha value is -3.13. The van der Waals surface area contributed by atoms with Gasteiger partial charge in [-0.1, -0.05) is 36.7 Å². The minimum Gasteiger partial charge on any atom is -0.497 e. The quantitative estimate of drug-likeness (QED) is 0.0355. The lowest BCUT2D eigenvalue weighted by atomic mass is 10.2. The van der Waals surface area contributed by atoms with Gasteiger partial charge in [-0.15, -0.1) is 0 Å². The van der Waals surface area contributed by atoms with Crippen LogP contribution in [0.2, 0.25) is 0 Å². The molecule has 3 aromatic rings. The van der Waals surface area contributed by atoms with E-state index in [1.807, 2.05) is 54.0 Å². The van der Waals surface area contributed by atoms with Gasteiger partial charge in [-0.25, -0.2) is 9.88 Å². The van der Waals surface area contributed by atoms with E-state index in [2.05, 4.69) is 27.4 Å². The molecule has 0 aliphatic rings. The van der Waals surface area contributed by atoms with Crippen LogP contribution in [0.1, 0.15) is 52.8 Å². The summed E-state index contributed by atoms with van der Waals surface area (Å²) in [6, 6.07) is 22.1. The minimum absolute atomic E-state index is 0. The fourth-order valence-electron chi connectivity index (χ4n) is 2.19. The fourth-order valence-corrected chi connectivity index (χ4v) is 3.16. The molecule has 41 heavy (non-hydrogen) atoms. The molecule has 3 rings (SSSR count). The average Bonchev–Trinajstić information content (AvgIpc) is 2.92. The van der Waals surface area contributed by atoms with E-state index < -0.39 is 11.2 Å². The number of ether oxygens (including phenoxy) is 1. The monoisotopic (exact) mass is 615 g/mol. The lowest BCUT2D eigenvalue weighted by Gasteiger charge is -2.10. The van der Waals surface area contributed by atoms with Crippen molar-refractivity contribution in [3.63, 3.8) is 0 Å². The summed E-state index contributed by atoms with van der Waals surface area (Å²) < 4.78 is 7.95. The molecule has 0 radical (unpaired) electrons. The molecular weight excluding hydrogens is 562 g/mol. The Labute approximate surface area is 259 Å². The highest BCUT2D eigenvalue weighted by Crippen LogP contribution is 2.20. The van der Waals surface area contributed by atoms with Crippen LogP contribution in [0.15, 0.2) is 77.8 Å². The number of thioether (sulfide) groups is 1. The van der Waals surface area contributed by atoms with E-state index in [1.165, 1.54) is 5.56 Å². The lowest BCUT2D eigenvalue weighted by molar-refractivity contribution is -0.306. The number of rotatable bonds is 5. The molecule has 0 heterocycles. The van der Waals surface area contributed by atoms with Crippen LogP contribution in [0, 0.1) is 0 Å². The number of thiol groups is 1. The number of hydrogen-bond acceptors (Lipinski definition) is 11. The molecule has 0 aromatic heterocycles. The number of amidine groups is 1. The number of nitrogen functional groups attached to an aromatic ring is 2. The van der Waals surface area contributed by atoms with Gasteiger partial charge in [0.2, 0.25) is 0 Å². The van der Waals surface area contributed by atoms with Gasteiger partial charge in [0.1, 0.15) is 5.75 Å². The molecule has 0 aliphatic heterocycles. The minimum atomic E-state index is -0.500. The summed E-state index contributed by atoms with van der Waals surface area (Å²) >= 11 is 5.68. The zero-order valence-electron chi connectivity index (χ0n) is 24.8. The maximum Gasteiger partial charge on any atom is 0.171 e. The van der Waals surface area contributed by atoms with E-state index in [0.29, 0.717) is 11.4 Å². The van der Waals surface area contributed by atoms with Crippen molar-refractivity contribution in [1.82, 2.24) is 4.72 Å². The normalized spacial score (nSPS) is 11.0. The van der Waals surface area contributed by atoms with Gasteiger partial charge in [0, 0.05) is 22.8 Å². The SMILES string of the molecule is CC(C)(C)O.CC(C)(C)OO.COc1ccc(CSC(=Nc2ccc(N)cc2)NS)cc1.Nc1ccc(NO)cc1.[HH].[HH].[HH].[HH]. The predicted octanol–water partition coefficient (Wildman–Crippen LogP) is 7.74. The first kappa shape index (κ1) is 37.9. The number of methoxy groups -OCH3 is 1. The van der Waals surface area contributed by atoms with E-state index in [4.69, 9.17) is 31.8 Å². The molecule has 0 amide bonds. The van der Waals surface area contributed by atoms with Crippen LogP contribution in [0.25, 0.3) is 0 Å². The maximum absolute atomic E-state index is 8.52. The first-order valence-corrected chi connectivity index (χ1v) is 13.9. The number of nitrogens with two attached hydrogens (primary N) is 2. The molecule has 0 bridgehead atoms. The molecule has 0 spiro atoms. The van der Waals surface area contributed by atoms with E-state index in [1.54, 1.807) is 84.7 Å².